The van der Waals surface area contributed by atoms with E-state index in [2.05, 4.69) is 9.97 Å². The van der Waals surface area contributed by atoms with Crippen LogP contribution in [0.25, 0.3) is 0 Å². The summed E-state index contributed by atoms with van der Waals surface area (Å²) in [6, 6.07) is 7.05. The maximum Gasteiger partial charge on any atom is 0.170 e. The van der Waals surface area contributed by atoms with Crippen LogP contribution in [0.1, 0.15) is 40.4 Å². The highest BCUT2D eigenvalue weighted by atomic mass is 35.5. The molecule has 1 heterocycles. The van der Waals surface area contributed by atoms with E-state index in [0.717, 1.165) is 24.4 Å². The Labute approximate surface area is 117 Å². The van der Waals surface area contributed by atoms with Crippen molar-refractivity contribution in [3.05, 3.63) is 52.1 Å². The van der Waals surface area contributed by atoms with E-state index in [1.807, 2.05) is 0 Å². The van der Waals surface area contributed by atoms with E-state index in [4.69, 9.17) is 11.6 Å². The molecule has 0 aliphatic heterocycles. The van der Waals surface area contributed by atoms with Crippen molar-refractivity contribution in [1.29, 1.82) is 0 Å². The Bertz CT molecular complexity index is 595. The minimum Gasteiger partial charge on any atom is -0.345 e. The molecule has 4 heteroatoms. The van der Waals surface area contributed by atoms with Crippen LogP contribution in [0.2, 0.25) is 5.02 Å². The number of ketones is 1. The van der Waals surface area contributed by atoms with E-state index in [0.29, 0.717) is 17.0 Å². The van der Waals surface area contributed by atoms with E-state index in [1.54, 1.807) is 24.3 Å². The molecule has 1 aromatic heterocycles. The van der Waals surface area contributed by atoms with Crippen LogP contribution in [0, 0.1) is 0 Å². The molecule has 0 unspecified atom stereocenters. The number of benzene rings is 1. The van der Waals surface area contributed by atoms with Crippen LogP contribution in [0.4, 0.5) is 0 Å². The second-order valence-electron chi connectivity index (χ2n) is 4.93. The number of H-pyrrole nitrogens is 1. The molecule has 0 atom stereocenters. The van der Waals surface area contributed by atoms with Gasteiger partial charge in [0.2, 0.25) is 0 Å². The molecule has 1 aliphatic carbocycles. The third kappa shape index (κ3) is 2.71. The maximum absolute atomic E-state index is 12.2. The Morgan fingerprint density at radius 2 is 2.16 bits per heavy atom. The number of aromatic amines is 1. The van der Waals surface area contributed by atoms with Gasteiger partial charge in [-0.15, -0.1) is 0 Å². The zero-order valence-corrected chi connectivity index (χ0v) is 11.3. The van der Waals surface area contributed by atoms with Crippen LogP contribution in [0.15, 0.2) is 24.3 Å². The van der Waals surface area contributed by atoms with Gasteiger partial charge in [0.25, 0.3) is 0 Å². The molecule has 98 valence electrons. The number of nitrogens with zero attached hydrogens (tertiary/aromatic N) is 1. The fourth-order valence-electron chi connectivity index (χ4n) is 2.51. The van der Waals surface area contributed by atoms with Crippen molar-refractivity contribution < 1.29 is 4.79 Å². The maximum atomic E-state index is 12.2. The molecule has 0 saturated carbocycles. The number of imidazole rings is 1. The first-order valence-corrected chi connectivity index (χ1v) is 6.95. The third-order valence-corrected chi connectivity index (χ3v) is 3.71. The molecule has 2 aromatic rings. The summed E-state index contributed by atoms with van der Waals surface area (Å²) in [7, 11) is 0. The summed E-state index contributed by atoms with van der Waals surface area (Å²) in [6.07, 6.45) is 4.79. The Kier molecular flexibility index (Phi) is 3.38. The van der Waals surface area contributed by atoms with Gasteiger partial charge in [0.05, 0.1) is 12.1 Å². The topological polar surface area (TPSA) is 45.8 Å². The molecule has 0 radical (unpaired) electrons. The first-order chi connectivity index (χ1) is 9.22. The van der Waals surface area contributed by atoms with Crippen LogP contribution in [0.3, 0.4) is 0 Å². The smallest absolute Gasteiger partial charge is 0.170 e. The summed E-state index contributed by atoms with van der Waals surface area (Å²) < 4.78 is 0. The number of Topliss-reactive ketones (excluding diaryl/α,β-unsaturated/α-hetero) is 1. The number of nitrogens with one attached hydrogen (secondary N) is 1. The minimum atomic E-state index is 0.0496. The molecule has 0 fully saturated rings. The van der Waals surface area contributed by atoms with Crippen molar-refractivity contribution >= 4 is 17.4 Å². The lowest BCUT2D eigenvalue weighted by atomic mass is 10.0. The molecule has 1 aliphatic rings. The predicted molar refractivity (Wildman–Crippen MR) is 74.7 cm³/mol. The molecule has 19 heavy (non-hydrogen) atoms. The first-order valence-electron chi connectivity index (χ1n) is 6.58. The molecule has 0 amide bonds. The highest BCUT2D eigenvalue weighted by molar-refractivity contribution is 6.31. The van der Waals surface area contributed by atoms with Gasteiger partial charge in [0.1, 0.15) is 5.82 Å². The minimum absolute atomic E-state index is 0.0496. The summed E-state index contributed by atoms with van der Waals surface area (Å²) in [5.74, 6) is 0.825. The highest BCUT2D eigenvalue weighted by Crippen LogP contribution is 2.19. The van der Waals surface area contributed by atoms with Gasteiger partial charge in [-0.1, -0.05) is 23.7 Å². The lowest BCUT2D eigenvalue weighted by molar-refractivity contribution is 0.0991. The summed E-state index contributed by atoms with van der Waals surface area (Å²) in [5, 5.41) is 0.588. The number of carbonyl (C=O) groups is 1. The van der Waals surface area contributed by atoms with Gasteiger partial charge in [0, 0.05) is 16.3 Å². The standard InChI is InChI=1S/C15H15ClN2O/c16-11-5-3-4-10(8-11)14(19)9-15-17-12-6-1-2-7-13(12)18-15/h3-5,8H,1-2,6-7,9H2,(H,17,18). The van der Waals surface area contributed by atoms with E-state index in [9.17, 15) is 4.79 Å². The SMILES string of the molecule is O=C(Cc1nc2c([nH]1)CCCC2)c1cccc(Cl)c1. The van der Waals surface area contributed by atoms with E-state index < -0.39 is 0 Å². The molecule has 3 nitrogen and oxygen atoms in total. The lowest BCUT2D eigenvalue weighted by Crippen LogP contribution is -2.05. The second kappa shape index (κ2) is 5.17. The van der Waals surface area contributed by atoms with Gasteiger partial charge >= 0.3 is 0 Å². The molecule has 1 aromatic carbocycles. The van der Waals surface area contributed by atoms with Gasteiger partial charge in [-0.05, 0) is 37.8 Å². The number of aromatic nitrogens is 2. The number of aryl methyl sites for hydroxylation is 2. The van der Waals surface area contributed by atoms with E-state index in [1.165, 1.54) is 18.5 Å². The number of halogens is 1. The van der Waals surface area contributed by atoms with Crippen LogP contribution >= 0.6 is 11.6 Å². The van der Waals surface area contributed by atoms with Crippen molar-refractivity contribution in [3.63, 3.8) is 0 Å². The summed E-state index contributed by atoms with van der Waals surface area (Å²) in [6.45, 7) is 0. The van der Waals surface area contributed by atoms with E-state index >= 15 is 0 Å². The van der Waals surface area contributed by atoms with E-state index in [-0.39, 0.29) is 5.78 Å². The second-order valence-corrected chi connectivity index (χ2v) is 5.36. The highest BCUT2D eigenvalue weighted by Gasteiger charge is 2.16. The fraction of sp³-hybridized carbons (Fsp3) is 0.333. The Morgan fingerprint density at radius 1 is 1.32 bits per heavy atom. The van der Waals surface area contributed by atoms with Gasteiger partial charge in [-0.25, -0.2) is 4.98 Å². The molecule has 1 N–H and O–H groups in total. The van der Waals surface area contributed by atoms with Crippen LogP contribution in [0.5, 0.6) is 0 Å². The average molecular weight is 275 g/mol. The number of hydrogen-bond acceptors (Lipinski definition) is 2. The number of carbonyl (C=O) groups excluding carboxylic acids is 1. The Balaban J connectivity index is 1.77. The van der Waals surface area contributed by atoms with Crippen molar-refractivity contribution in [3.8, 4) is 0 Å². The zero-order chi connectivity index (χ0) is 13.2. The largest absolute Gasteiger partial charge is 0.345 e. The molecular formula is C15H15ClN2O. The van der Waals surface area contributed by atoms with Crippen molar-refractivity contribution in [2.24, 2.45) is 0 Å². The van der Waals surface area contributed by atoms with Gasteiger partial charge in [-0.2, -0.15) is 0 Å². The molecule has 0 saturated heterocycles. The Hall–Kier alpha value is -1.61. The van der Waals surface area contributed by atoms with Gasteiger partial charge in [-0.3, -0.25) is 4.79 Å². The summed E-state index contributed by atoms with van der Waals surface area (Å²) >= 11 is 5.90. The lowest BCUT2D eigenvalue weighted by Gasteiger charge is -2.07. The fourth-order valence-corrected chi connectivity index (χ4v) is 2.70. The summed E-state index contributed by atoms with van der Waals surface area (Å²) in [4.78, 5) is 20.0. The van der Waals surface area contributed by atoms with Crippen molar-refractivity contribution in [2.75, 3.05) is 0 Å². The quantitative estimate of drug-likeness (QED) is 0.872. The number of rotatable bonds is 3. The Morgan fingerprint density at radius 3 is 2.95 bits per heavy atom. The van der Waals surface area contributed by atoms with Gasteiger partial charge < -0.3 is 4.98 Å². The average Bonchev–Trinajstić information content (AvgIpc) is 2.80. The number of fused-ring (bicyclic) bond motifs is 1. The third-order valence-electron chi connectivity index (χ3n) is 3.48. The summed E-state index contributed by atoms with van der Waals surface area (Å²) in [5.41, 5.74) is 2.99. The molecule has 3 rings (SSSR count). The normalized spacial score (nSPS) is 14.2. The predicted octanol–water partition coefficient (Wildman–Crippen LogP) is 3.37. The number of hydrogen-bond donors (Lipinski definition) is 1. The van der Waals surface area contributed by atoms with Crippen LogP contribution < -0.4 is 0 Å². The van der Waals surface area contributed by atoms with Crippen molar-refractivity contribution in [1.82, 2.24) is 9.97 Å². The molecule has 0 bridgehead atoms. The van der Waals surface area contributed by atoms with Crippen LogP contribution in [-0.2, 0) is 19.3 Å². The monoisotopic (exact) mass is 274 g/mol. The van der Waals surface area contributed by atoms with Gasteiger partial charge in [0.15, 0.2) is 5.78 Å². The van der Waals surface area contributed by atoms with Crippen molar-refractivity contribution in [2.45, 2.75) is 32.1 Å². The van der Waals surface area contributed by atoms with Crippen LogP contribution in [-0.4, -0.2) is 15.8 Å². The zero-order valence-electron chi connectivity index (χ0n) is 10.6. The molecule has 0 spiro atoms. The molecular weight excluding hydrogens is 260 g/mol. The first kappa shape index (κ1) is 12.4.